The standard InChI is InChI=1S/C8H13N2O/c9-5-3-8(4-5)2-1-6(8)7(10)11/h1,5-6H,2-4,9H2,(H2,10,11). The van der Waals surface area contributed by atoms with E-state index >= 15 is 0 Å². The Labute approximate surface area is 66.1 Å². The smallest absolute Gasteiger partial charge is 0.221 e. The molecule has 1 atom stereocenters. The van der Waals surface area contributed by atoms with E-state index in [0.29, 0.717) is 6.04 Å². The molecule has 0 bridgehead atoms. The van der Waals surface area contributed by atoms with Crippen LogP contribution in [0.15, 0.2) is 0 Å². The van der Waals surface area contributed by atoms with Gasteiger partial charge in [-0.2, -0.15) is 0 Å². The fourth-order valence-corrected chi connectivity index (χ4v) is 2.39. The van der Waals surface area contributed by atoms with Crippen LogP contribution in [0, 0.1) is 17.8 Å². The highest BCUT2D eigenvalue weighted by atomic mass is 16.1. The molecule has 0 aromatic heterocycles. The highest BCUT2D eigenvalue weighted by molar-refractivity contribution is 5.80. The van der Waals surface area contributed by atoms with E-state index in [0.717, 1.165) is 19.3 Å². The van der Waals surface area contributed by atoms with Crippen molar-refractivity contribution in [3.05, 3.63) is 6.42 Å². The van der Waals surface area contributed by atoms with E-state index in [1.165, 1.54) is 0 Å². The van der Waals surface area contributed by atoms with Gasteiger partial charge in [0.05, 0.1) is 0 Å². The van der Waals surface area contributed by atoms with Gasteiger partial charge in [0, 0.05) is 12.0 Å². The lowest BCUT2D eigenvalue weighted by atomic mass is 9.48. The van der Waals surface area contributed by atoms with Crippen LogP contribution in [0.1, 0.15) is 19.3 Å². The highest BCUT2D eigenvalue weighted by Crippen LogP contribution is 2.58. The molecule has 2 saturated carbocycles. The molecule has 61 valence electrons. The first-order valence-corrected chi connectivity index (χ1v) is 4.02. The minimum Gasteiger partial charge on any atom is -0.369 e. The number of nitrogens with two attached hydrogens (primary N) is 2. The van der Waals surface area contributed by atoms with Crippen molar-refractivity contribution in [1.29, 1.82) is 0 Å². The largest absolute Gasteiger partial charge is 0.369 e. The van der Waals surface area contributed by atoms with Gasteiger partial charge in [0.25, 0.3) is 0 Å². The summed E-state index contributed by atoms with van der Waals surface area (Å²) in [6.45, 7) is 0. The number of carbonyl (C=O) groups is 1. The fraction of sp³-hybridized carbons (Fsp3) is 0.750. The summed E-state index contributed by atoms with van der Waals surface area (Å²) in [6, 6.07) is 0.311. The van der Waals surface area contributed by atoms with Crippen molar-refractivity contribution in [3.63, 3.8) is 0 Å². The van der Waals surface area contributed by atoms with Gasteiger partial charge in [-0.05, 0) is 31.1 Å². The van der Waals surface area contributed by atoms with Crippen LogP contribution in [0.2, 0.25) is 0 Å². The molecule has 1 unspecified atom stereocenters. The molecule has 0 aliphatic heterocycles. The van der Waals surface area contributed by atoms with Crippen molar-refractivity contribution in [2.75, 3.05) is 0 Å². The number of hydrogen-bond acceptors (Lipinski definition) is 2. The molecule has 0 aromatic carbocycles. The summed E-state index contributed by atoms with van der Waals surface area (Å²) in [5.74, 6) is -0.162. The zero-order valence-corrected chi connectivity index (χ0v) is 6.42. The van der Waals surface area contributed by atoms with E-state index in [-0.39, 0.29) is 17.2 Å². The lowest BCUT2D eigenvalue weighted by molar-refractivity contribution is -0.133. The fourth-order valence-electron chi connectivity index (χ4n) is 2.39. The van der Waals surface area contributed by atoms with Gasteiger partial charge >= 0.3 is 0 Å². The Morgan fingerprint density at radius 3 is 2.45 bits per heavy atom. The van der Waals surface area contributed by atoms with Gasteiger partial charge in [-0.25, -0.2) is 0 Å². The average Bonchev–Trinajstić information content (AvgIpc) is 1.76. The van der Waals surface area contributed by atoms with Crippen molar-refractivity contribution >= 4 is 5.91 Å². The van der Waals surface area contributed by atoms with Crippen LogP contribution >= 0.6 is 0 Å². The molecular weight excluding hydrogens is 140 g/mol. The van der Waals surface area contributed by atoms with E-state index in [2.05, 4.69) is 0 Å². The van der Waals surface area contributed by atoms with Crippen LogP contribution in [0.25, 0.3) is 0 Å². The molecule has 3 heteroatoms. The highest BCUT2D eigenvalue weighted by Gasteiger charge is 2.56. The predicted octanol–water partition coefficient (Wildman–Crippen LogP) is -0.197. The first-order valence-electron chi connectivity index (χ1n) is 4.02. The molecule has 2 aliphatic rings. The normalized spacial score (nSPS) is 48.1. The molecule has 2 rings (SSSR count). The van der Waals surface area contributed by atoms with Crippen LogP contribution in [-0.4, -0.2) is 11.9 Å². The van der Waals surface area contributed by atoms with E-state index in [1.807, 2.05) is 6.42 Å². The van der Waals surface area contributed by atoms with Gasteiger partial charge < -0.3 is 11.5 Å². The summed E-state index contributed by atoms with van der Waals surface area (Å²) < 4.78 is 0. The molecule has 3 nitrogen and oxygen atoms in total. The lowest BCUT2D eigenvalue weighted by Crippen LogP contribution is -2.59. The molecule has 1 radical (unpaired) electrons. The van der Waals surface area contributed by atoms with Crippen LogP contribution in [0.3, 0.4) is 0 Å². The number of rotatable bonds is 1. The predicted molar refractivity (Wildman–Crippen MR) is 41.2 cm³/mol. The van der Waals surface area contributed by atoms with Gasteiger partial charge in [-0.15, -0.1) is 0 Å². The summed E-state index contributed by atoms with van der Waals surface area (Å²) in [5, 5.41) is 0. The Morgan fingerprint density at radius 2 is 2.18 bits per heavy atom. The Hall–Kier alpha value is -0.570. The Kier molecular flexibility index (Phi) is 1.27. The van der Waals surface area contributed by atoms with Crippen LogP contribution in [0.4, 0.5) is 0 Å². The summed E-state index contributed by atoms with van der Waals surface area (Å²) in [6.07, 6.45) is 5.01. The Balaban J connectivity index is 2.01. The van der Waals surface area contributed by atoms with E-state index in [4.69, 9.17) is 11.5 Å². The monoisotopic (exact) mass is 153 g/mol. The molecule has 2 aliphatic carbocycles. The molecule has 0 aromatic rings. The van der Waals surface area contributed by atoms with Gasteiger partial charge in [0.15, 0.2) is 0 Å². The van der Waals surface area contributed by atoms with E-state index in [1.54, 1.807) is 0 Å². The summed E-state index contributed by atoms with van der Waals surface area (Å²) in [4.78, 5) is 10.8. The third-order valence-corrected chi connectivity index (χ3v) is 3.06. The maximum absolute atomic E-state index is 10.8. The molecule has 2 fully saturated rings. The van der Waals surface area contributed by atoms with Crippen LogP contribution in [-0.2, 0) is 4.79 Å². The minimum absolute atomic E-state index is 0.0160. The van der Waals surface area contributed by atoms with E-state index < -0.39 is 0 Å². The Morgan fingerprint density at radius 1 is 1.55 bits per heavy atom. The summed E-state index contributed by atoms with van der Waals surface area (Å²) in [7, 11) is 0. The summed E-state index contributed by atoms with van der Waals surface area (Å²) >= 11 is 0. The topological polar surface area (TPSA) is 69.1 Å². The van der Waals surface area contributed by atoms with Crippen molar-refractivity contribution in [2.24, 2.45) is 22.8 Å². The van der Waals surface area contributed by atoms with Gasteiger partial charge in [-0.3, -0.25) is 4.79 Å². The molecule has 1 spiro atoms. The third kappa shape index (κ3) is 0.805. The zero-order valence-electron chi connectivity index (χ0n) is 6.42. The zero-order chi connectivity index (χ0) is 8.06. The molecule has 0 saturated heterocycles. The maximum Gasteiger partial charge on any atom is 0.221 e. The number of hydrogen-bond donors (Lipinski definition) is 2. The molecule has 0 heterocycles. The van der Waals surface area contributed by atoms with Crippen LogP contribution < -0.4 is 11.5 Å². The SMILES string of the molecule is NC(=O)C1[CH]CC12CC(N)C2. The number of amides is 1. The second kappa shape index (κ2) is 1.97. The van der Waals surface area contributed by atoms with Gasteiger partial charge in [0.2, 0.25) is 5.91 Å². The quantitative estimate of drug-likeness (QED) is 0.548. The number of primary amides is 1. The Bertz CT molecular complexity index is 196. The van der Waals surface area contributed by atoms with Gasteiger partial charge in [-0.1, -0.05) is 0 Å². The number of carbonyl (C=O) groups excluding carboxylic acids is 1. The van der Waals surface area contributed by atoms with Crippen molar-refractivity contribution in [2.45, 2.75) is 25.3 Å². The van der Waals surface area contributed by atoms with Crippen molar-refractivity contribution in [1.82, 2.24) is 0 Å². The molecule has 1 amide bonds. The van der Waals surface area contributed by atoms with Crippen molar-refractivity contribution < 1.29 is 4.79 Å². The maximum atomic E-state index is 10.8. The first-order chi connectivity index (χ1) is 5.14. The summed E-state index contributed by atoms with van der Waals surface area (Å²) in [5.41, 5.74) is 11.1. The average molecular weight is 153 g/mol. The van der Waals surface area contributed by atoms with Crippen molar-refractivity contribution in [3.8, 4) is 0 Å². The van der Waals surface area contributed by atoms with Crippen LogP contribution in [0.5, 0.6) is 0 Å². The second-order valence-corrected chi connectivity index (χ2v) is 3.85. The molecule has 11 heavy (non-hydrogen) atoms. The molecular formula is C8H13N2O. The lowest BCUT2D eigenvalue weighted by Gasteiger charge is -2.57. The third-order valence-electron chi connectivity index (χ3n) is 3.06. The first kappa shape index (κ1) is 7.10. The second-order valence-electron chi connectivity index (χ2n) is 3.85. The molecule has 4 N–H and O–H groups in total. The van der Waals surface area contributed by atoms with Gasteiger partial charge in [0.1, 0.15) is 0 Å². The minimum atomic E-state index is -0.178. The van der Waals surface area contributed by atoms with E-state index in [9.17, 15) is 4.79 Å².